The highest BCUT2D eigenvalue weighted by Gasteiger charge is 2.16. The molecular formula is C17H27N3O2. The molecule has 0 bridgehead atoms. The van der Waals surface area contributed by atoms with Crippen molar-refractivity contribution in [3.8, 4) is 5.75 Å². The quantitative estimate of drug-likeness (QED) is 0.721. The minimum absolute atomic E-state index is 0.0298. The molecule has 2 N–H and O–H groups in total. The Bertz CT molecular complexity index is 485. The number of methoxy groups -OCH3 is 1. The monoisotopic (exact) mass is 305 g/mol. The maximum Gasteiger partial charge on any atom is 0.216 e. The van der Waals surface area contributed by atoms with Crippen LogP contribution in [0.25, 0.3) is 0 Å². The number of carbonyl (C=O) groups excluding carboxylic acids is 1. The number of amides is 1. The number of carbonyl (C=O) groups is 1. The van der Waals surface area contributed by atoms with Gasteiger partial charge in [0, 0.05) is 33.1 Å². The van der Waals surface area contributed by atoms with E-state index >= 15 is 0 Å². The van der Waals surface area contributed by atoms with Gasteiger partial charge >= 0.3 is 0 Å². The Morgan fingerprint density at radius 3 is 2.73 bits per heavy atom. The Morgan fingerprint density at radius 1 is 1.27 bits per heavy atom. The van der Waals surface area contributed by atoms with Crippen molar-refractivity contribution >= 4 is 11.6 Å². The highest BCUT2D eigenvalue weighted by atomic mass is 16.5. The van der Waals surface area contributed by atoms with Gasteiger partial charge in [-0.2, -0.15) is 0 Å². The molecule has 1 fully saturated rings. The van der Waals surface area contributed by atoms with E-state index in [-0.39, 0.29) is 5.91 Å². The van der Waals surface area contributed by atoms with Gasteiger partial charge < -0.3 is 20.3 Å². The average molecular weight is 305 g/mol. The summed E-state index contributed by atoms with van der Waals surface area (Å²) in [6, 6.07) is 6.45. The molecule has 0 atom stereocenters. The zero-order valence-electron chi connectivity index (χ0n) is 13.7. The molecule has 2 rings (SSSR count). The van der Waals surface area contributed by atoms with Crippen molar-refractivity contribution in [2.45, 2.75) is 32.7 Å². The van der Waals surface area contributed by atoms with Crippen LogP contribution in [0.2, 0.25) is 0 Å². The van der Waals surface area contributed by atoms with Crippen LogP contribution in [0.1, 0.15) is 31.7 Å². The molecule has 5 heteroatoms. The van der Waals surface area contributed by atoms with Gasteiger partial charge in [0.05, 0.1) is 12.8 Å². The van der Waals surface area contributed by atoms with E-state index in [0.29, 0.717) is 0 Å². The highest BCUT2D eigenvalue weighted by molar-refractivity contribution is 5.72. The lowest BCUT2D eigenvalue weighted by atomic mass is 10.1. The zero-order valence-corrected chi connectivity index (χ0v) is 13.7. The van der Waals surface area contributed by atoms with E-state index in [1.807, 2.05) is 0 Å². The second-order valence-corrected chi connectivity index (χ2v) is 5.71. The Morgan fingerprint density at radius 2 is 2.05 bits per heavy atom. The Labute approximate surface area is 133 Å². The Balaban J connectivity index is 1.80. The van der Waals surface area contributed by atoms with Crippen LogP contribution in [0.3, 0.4) is 0 Å². The van der Waals surface area contributed by atoms with Gasteiger partial charge in [-0.1, -0.05) is 6.07 Å². The Kier molecular flexibility index (Phi) is 6.52. The molecule has 1 aromatic rings. The number of hydrogen-bond donors (Lipinski definition) is 2. The largest absolute Gasteiger partial charge is 0.495 e. The molecule has 1 aliphatic heterocycles. The van der Waals surface area contributed by atoms with E-state index < -0.39 is 0 Å². The normalized spacial score (nSPS) is 14.2. The summed E-state index contributed by atoms with van der Waals surface area (Å²) in [5.74, 6) is 0.988. The number of rotatable bonds is 8. The van der Waals surface area contributed by atoms with Gasteiger partial charge in [-0.15, -0.1) is 0 Å². The molecule has 0 aliphatic carbocycles. The highest BCUT2D eigenvalue weighted by Crippen LogP contribution is 2.31. The average Bonchev–Trinajstić information content (AvgIpc) is 3.04. The Hall–Kier alpha value is -1.75. The standard InChI is InChI=1S/C17H27N3O2/c1-14(21)19-9-5-8-18-13-15-6-7-16(17(12-15)22-2)20-10-3-4-11-20/h6-7,12,18H,3-5,8-11,13H2,1-2H3,(H,19,21). The summed E-state index contributed by atoms with van der Waals surface area (Å²) in [7, 11) is 1.74. The first-order valence-corrected chi connectivity index (χ1v) is 8.07. The van der Waals surface area contributed by atoms with Crippen molar-refractivity contribution in [1.82, 2.24) is 10.6 Å². The molecule has 22 heavy (non-hydrogen) atoms. The van der Waals surface area contributed by atoms with E-state index in [1.165, 1.54) is 24.1 Å². The topological polar surface area (TPSA) is 53.6 Å². The van der Waals surface area contributed by atoms with Crippen LogP contribution in [0, 0.1) is 0 Å². The molecule has 1 aromatic carbocycles. The summed E-state index contributed by atoms with van der Waals surface area (Å²) in [4.78, 5) is 13.2. The second kappa shape index (κ2) is 8.63. The molecule has 1 heterocycles. The number of ether oxygens (including phenoxy) is 1. The summed E-state index contributed by atoms with van der Waals surface area (Å²) >= 11 is 0. The molecule has 1 amide bonds. The number of benzene rings is 1. The first-order chi connectivity index (χ1) is 10.7. The summed E-state index contributed by atoms with van der Waals surface area (Å²) < 4.78 is 5.55. The van der Waals surface area contributed by atoms with Gasteiger partial charge in [0.15, 0.2) is 0 Å². The zero-order chi connectivity index (χ0) is 15.8. The lowest BCUT2D eigenvalue weighted by molar-refractivity contribution is -0.118. The molecule has 0 spiro atoms. The van der Waals surface area contributed by atoms with Gasteiger partial charge in [-0.3, -0.25) is 4.79 Å². The van der Waals surface area contributed by atoms with Crippen molar-refractivity contribution in [2.24, 2.45) is 0 Å². The molecule has 0 radical (unpaired) electrons. The molecule has 1 aliphatic rings. The fraction of sp³-hybridized carbons (Fsp3) is 0.588. The van der Waals surface area contributed by atoms with Crippen LogP contribution in [0.15, 0.2) is 18.2 Å². The maximum atomic E-state index is 10.8. The van der Waals surface area contributed by atoms with Crippen molar-refractivity contribution in [2.75, 3.05) is 38.2 Å². The lowest BCUT2D eigenvalue weighted by Crippen LogP contribution is -2.25. The van der Waals surface area contributed by atoms with E-state index in [4.69, 9.17) is 4.74 Å². The van der Waals surface area contributed by atoms with Gasteiger partial charge in [0.25, 0.3) is 0 Å². The first-order valence-electron chi connectivity index (χ1n) is 8.07. The summed E-state index contributed by atoms with van der Waals surface area (Å²) in [6.45, 7) is 6.21. The van der Waals surface area contributed by atoms with E-state index in [1.54, 1.807) is 14.0 Å². The van der Waals surface area contributed by atoms with E-state index in [0.717, 1.165) is 44.9 Å². The summed E-state index contributed by atoms with van der Waals surface area (Å²) in [6.07, 6.45) is 3.46. The predicted molar refractivity (Wildman–Crippen MR) is 89.4 cm³/mol. The van der Waals surface area contributed by atoms with Crippen LogP contribution in [0.4, 0.5) is 5.69 Å². The van der Waals surface area contributed by atoms with Crippen LogP contribution in [0.5, 0.6) is 5.75 Å². The van der Waals surface area contributed by atoms with Gasteiger partial charge in [0.1, 0.15) is 5.75 Å². The number of hydrogen-bond acceptors (Lipinski definition) is 4. The SMILES string of the molecule is COc1cc(CNCCCNC(C)=O)ccc1N1CCCC1. The van der Waals surface area contributed by atoms with Crippen molar-refractivity contribution in [3.63, 3.8) is 0 Å². The van der Waals surface area contributed by atoms with E-state index in [9.17, 15) is 4.79 Å². The third-order valence-corrected chi connectivity index (χ3v) is 3.92. The predicted octanol–water partition coefficient (Wildman–Crippen LogP) is 1.91. The number of nitrogens with one attached hydrogen (secondary N) is 2. The third-order valence-electron chi connectivity index (χ3n) is 3.92. The van der Waals surface area contributed by atoms with Crippen LogP contribution in [-0.4, -0.2) is 39.2 Å². The maximum absolute atomic E-state index is 10.8. The van der Waals surface area contributed by atoms with E-state index in [2.05, 4.69) is 33.7 Å². The molecule has 122 valence electrons. The molecule has 0 aromatic heterocycles. The second-order valence-electron chi connectivity index (χ2n) is 5.71. The smallest absolute Gasteiger partial charge is 0.216 e. The fourth-order valence-electron chi connectivity index (χ4n) is 2.76. The minimum atomic E-state index is 0.0298. The molecule has 1 saturated heterocycles. The third kappa shape index (κ3) is 4.91. The lowest BCUT2D eigenvalue weighted by Gasteiger charge is -2.21. The number of anilines is 1. The first kappa shape index (κ1) is 16.6. The van der Waals surface area contributed by atoms with Crippen LogP contribution in [-0.2, 0) is 11.3 Å². The molecule has 0 unspecified atom stereocenters. The van der Waals surface area contributed by atoms with Gasteiger partial charge in [-0.05, 0) is 43.5 Å². The fourth-order valence-corrected chi connectivity index (χ4v) is 2.76. The van der Waals surface area contributed by atoms with Crippen LogP contribution < -0.4 is 20.3 Å². The minimum Gasteiger partial charge on any atom is -0.495 e. The molecular weight excluding hydrogens is 278 g/mol. The van der Waals surface area contributed by atoms with Crippen molar-refractivity contribution in [1.29, 1.82) is 0 Å². The van der Waals surface area contributed by atoms with Crippen LogP contribution >= 0.6 is 0 Å². The summed E-state index contributed by atoms with van der Waals surface area (Å²) in [5.41, 5.74) is 2.42. The van der Waals surface area contributed by atoms with Crippen molar-refractivity contribution < 1.29 is 9.53 Å². The van der Waals surface area contributed by atoms with Crippen molar-refractivity contribution in [3.05, 3.63) is 23.8 Å². The van der Waals surface area contributed by atoms with Gasteiger partial charge in [0.2, 0.25) is 5.91 Å². The number of nitrogens with zero attached hydrogens (tertiary/aromatic N) is 1. The molecule has 0 saturated carbocycles. The van der Waals surface area contributed by atoms with Gasteiger partial charge in [-0.25, -0.2) is 0 Å². The molecule has 5 nitrogen and oxygen atoms in total. The summed E-state index contributed by atoms with van der Waals surface area (Å²) in [5, 5.41) is 6.19.